The molecule has 1 unspecified atom stereocenters. The highest BCUT2D eigenvalue weighted by Crippen LogP contribution is 2.13. The number of hydrogen-bond acceptors (Lipinski definition) is 3. The molecule has 0 aliphatic carbocycles. The molecule has 2 rings (SSSR count). The van der Waals surface area contributed by atoms with Gasteiger partial charge in [0.1, 0.15) is 0 Å². The van der Waals surface area contributed by atoms with Crippen LogP contribution in [0.4, 0.5) is 0 Å². The van der Waals surface area contributed by atoms with Gasteiger partial charge in [0.15, 0.2) is 5.96 Å². The number of piperidine rings is 1. The molecule has 23 heavy (non-hydrogen) atoms. The number of rotatable bonds is 8. The second-order valence-electron chi connectivity index (χ2n) is 7.05. The van der Waals surface area contributed by atoms with Crippen LogP contribution in [-0.4, -0.2) is 75.8 Å². The molecule has 0 aromatic carbocycles. The van der Waals surface area contributed by atoms with E-state index in [9.17, 15) is 0 Å². The third-order valence-electron chi connectivity index (χ3n) is 5.01. The normalized spacial score (nSPS) is 23.2. The molecular formula is C18H36N4O. The van der Waals surface area contributed by atoms with E-state index < -0.39 is 0 Å². The van der Waals surface area contributed by atoms with Gasteiger partial charge >= 0.3 is 0 Å². The maximum atomic E-state index is 5.46. The summed E-state index contributed by atoms with van der Waals surface area (Å²) in [5, 5.41) is 3.50. The standard InChI is InChI=1S/C18H36N4O/c1-19-18(21(2)15-17-9-14-23-16-17)20-10-5-3-6-11-22-12-7-4-8-13-22/h17H,3-16H2,1-2H3,(H,19,20). The number of aliphatic imine (C=N–C) groups is 1. The van der Waals surface area contributed by atoms with E-state index in [1.807, 2.05) is 7.05 Å². The molecule has 0 bridgehead atoms. The second-order valence-corrected chi connectivity index (χ2v) is 7.05. The monoisotopic (exact) mass is 324 g/mol. The topological polar surface area (TPSA) is 40.1 Å². The van der Waals surface area contributed by atoms with Gasteiger partial charge in [-0.25, -0.2) is 0 Å². The Bertz CT molecular complexity index is 336. The first-order valence-corrected chi connectivity index (χ1v) is 9.51. The summed E-state index contributed by atoms with van der Waals surface area (Å²) in [5.74, 6) is 1.68. The number of unbranched alkanes of at least 4 members (excludes halogenated alkanes) is 2. The van der Waals surface area contributed by atoms with E-state index in [4.69, 9.17) is 4.74 Å². The van der Waals surface area contributed by atoms with E-state index in [0.717, 1.165) is 32.3 Å². The average molecular weight is 325 g/mol. The number of hydrogen-bond donors (Lipinski definition) is 1. The Morgan fingerprint density at radius 3 is 2.74 bits per heavy atom. The van der Waals surface area contributed by atoms with Crippen LogP contribution in [0.1, 0.15) is 44.9 Å². The summed E-state index contributed by atoms with van der Waals surface area (Å²) in [7, 11) is 4.00. The molecule has 2 heterocycles. The van der Waals surface area contributed by atoms with Gasteiger partial charge in [-0.15, -0.1) is 0 Å². The predicted octanol–water partition coefficient (Wildman–Crippen LogP) is 2.19. The van der Waals surface area contributed by atoms with Crippen LogP contribution in [0.25, 0.3) is 0 Å². The Morgan fingerprint density at radius 1 is 1.22 bits per heavy atom. The van der Waals surface area contributed by atoms with Crippen molar-refractivity contribution in [3.63, 3.8) is 0 Å². The van der Waals surface area contributed by atoms with Crippen LogP contribution in [0.5, 0.6) is 0 Å². The Hall–Kier alpha value is -0.810. The molecule has 0 saturated carbocycles. The maximum Gasteiger partial charge on any atom is 0.193 e. The minimum absolute atomic E-state index is 0.656. The van der Waals surface area contributed by atoms with Crippen molar-refractivity contribution in [2.75, 3.05) is 60.0 Å². The van der Waals surface area contributed by atoms with Crippen molar-refractivity contribution < 1.29 is 4.74 Å². The average Bonchev–Trinajstić information content (AvgIpc) is 3.08. The summed E-state index contributed by atoms with van der Waals surface area (Å²) < 4.78 is 5.46. The van der Waals surface area contributed by atoms with Gasteiger partial charge < -0.3 is 19.9 Å². The van der Waals surface area contributed by atoms with Crippen LogP contribution in [0.15, 0.2) is 4.99 Å². The Balaban J connectivity index is 1.51. The van der Waals surface area contributed by atoms with Gasteiger partial charge in [0.05, 0.1) is 6.61 Å². The largest absolute Gasteiger partial charge is 0.381 e. The number of guanidine groups is 1. The maximum absolute atomic E-state index is 5.46. The van der Waals surface area contributed by atoms with Crippen molar-refractivity contribution in [3.8, 4) is 0 Å². The summed E-state index contributed by atoms with van der Waals surface area (Å²) in [6, 6.07) is 0. The van der Waals surface area contributed by atoms with Crippen molar-refractivity contribution in [2.45, 2.75) is 44.9 Å². The lowest BCUT2D eigenvalue weighted by molar-refractivity contribution is 0.181. The summed E-state index contributed by atoms with van der Waals surface area (Å²) >= 11 is 0. The highest BCUT2D eigenvalue weighted by Gasteiger charge is 2.18. The van der Waals surface area contributed by atoms with Crippen molar-refractivity contribution in [3.05, 3.63) is 0 Å². The number of likely N-dealkylation sites (tertiary alicyclic amines) is 1. The second kappa shape index (κ2) is 10.9. The van der Waals surface area contributed by atoms with E-state index in [-0.39, 0.29) is 0 Å². The minimum Gasteiger partial charge on any atom is -0.381 e. The molecule has 2 aliphatic heterocycles. The van der Waals surface area contributed by atoms with Gasteiger partial charge in [-0.1, -0.05) is 12.8 Å². The molecule has 5 nitrogen and oxygen atoms in total. The molecule has 2 aliphatic rings. The van der Waals surface area contributed by atoms with Crippen LogP contribution in [-0.2, 0) is 4.74 Å². The van der Waals surface area contributed by atoms with E-state index in [1.54, 1.807) is 0 Å². The number of nitrogens with one attached hydrogen (secondary N) is 1. The van der Waals surface area contributed by atoms with Gasteiger partial charge in [-0.05, 0) is 51.7 Å². The molecule has 1 atom stereocenters. The first-order chi connectivity index (χ1) is 11.3. The summed E-state index contributed by atoms with van der Waals surface area (Å²) in [6.45, 7) is 7.81. The predicted molar refractivity (Wildman–Crippen MR) is 97.1 cm³/mol. The quantitative estimate of drug-likeness (QED) is 0.422. The third kappa shape index (κ3) is 7.08. The fraction of sp³-hybridized carbons (Fsp3) is 0.944. The van der Waals surface area contributed by atoms with Crippen LogP contribution in [0, 0.1) is 5.92 Å². The molecule has 0 aromatic heterocycles. The summed E-state index contributed by atoms with van der Waals surface area (Å²) in [6.07, 6.45) is 9.27. The zero-order valence-electron chi connectivity index (χ0n) is 15.2. The molecule has 134 valence electrons. The van der Waals surface area contributed by atoms with Gasteiger partial charge in [-0.2, -0.15) is 0 Å². The zero-order valence-corrected chi connectivity index (χ0v) is 15.2. The molecular weight excluding hydrogens is 288 g/mol. The van der Waals surface area contributed by atoms with Crippen molar-refractivity contribution >= 4 is 5.96 Å². The lowest BCUT2D eigenvalue weighted by atomic mass is 10.1. The fourth-order valence-electron chi connectivity index (χ4n) is 3.61. The Labute approximate surface area is 142 Å². The van der Waals surface area contributed by atoms with Gasteiger partial charge in [0.2, 0.25) is 0 Å². The highest BCUT2D eigenvalue weighted by atomic mass is 16.5. The molecule has 0 amide bonds. The Kier molecular flexibility index (Phi) is 8.76. The van der Waals surface area contributed by atoms with Crippen LogP contribution in [0.2, 0.25) is 0 Å². The van der Waals surface area contributed by atoms with E-state index in [0.29, 0.717) is 5.92 Å². The summed E-state index contributed by atoms with van der Waals surface area (Å²) in [5.41, 5.74) is 0. The van der Waals surface area contributed by atoms with Gasteiger partial charge in [0, 0.05) is 39.7 Å². The highest BCUT2D eigenvalue weighted by molar-refractivity contribution is 5.79. The lowest BCUT2D eigenvalue weighted by Crippen LogP contribution is -2.41. The van der Waals surface area contributed by atoms with Crippen LogP contribution in [0.3, 0.4) is 0 Å². The third-order valence-corrected chi connectivity index (χ3v) is 5.01. The van der Waals surface area contributed by atoms with Crippen LogP contribution >= 0.6 is 0 Å². The van der Waals surface area contributed by atoms with E-state index >= 15 is 0 Å². The molecule has 5 heteroatoms. The Morgan fingerprint density at radius 2 is 2.04 bits per heavy atom. The van der Waals surface area contributed by atoms with E-state index in [2.05, 4.69) is 27.2 Å². The van der Waals surface area contributed by atoms with Crippen molar-refractivity contribution in [1.82, 2.24) is 15.1 Å². The summed E-state index contributed by atoms with van der Waals surface area (Å²) in [4.78, 5) is 9.28. The molecule has 0 spiro atoms. The van der Waals surface area contributed by atoms with Crippen LogP contribution < -0.4 is 5.32 Å². The van der Waals surface area contributed by atoms with Crippen molar-refractivity contribution in [1.29, 1.82) is 0 Å². The molecule has 0 aromatic rings. The van der Waals surface area contributed by atoms with Crippen molar-refractivity contribution in [2.24, 2.45) is 10.9 Å². The smallest absolute Gasteiger partial charge is 0.193 e. The number of ether oxygens (including phenoxy) is 1. The number of nitrogens with zero attached hydrogens (tertiary/aromatic N) is 3. The first-order valence-electron chi connectivity index (χ1n) is 9.51. The van der Waals surface area contributed by atoms with Gasteiger partial charge in [0.25, 0.3) is 0 Å². The van der Waals surface area contributed by atoms with E-state index in [1.165, 1.54) is 64.6 Å². The lowest BCUT2D eigenvalue weighted by Gasteiger charge is -2.26. The molecule has 1 N–H and O–H groups in total. The first kappa shape index (κ1) is 18.5. The van der Waals surface area contributed by atoms with Gasteiger partial charge in [-0.3, -0.25) is 4.99 Å². The molecule has 2 saturated heterocycles. The SMILES string of the molecule is CN=C(NCCCCCN1CCCCC1)N(C)CC1CCOC1. The minimum atomic E-state index is 0.656. The zero-order chi connectivity index (χ0) is 16.3. The molecule has 0 radical (unpaired) electrons. The molecule has 2 fully saturated rings. The fourth-order valence-corrected chi connectivity index (χ4v) is 3.61.